The van der Waals surface area contributed by atoms with E-state index in [0.29, 0.717) is 6.42 Å². The lowest BCUT2D eigenvalue weighted by Gasteiger charge is -2.08. The molecule has 0 aliphatic heterocycles. The predicted molar refractivity (Wildman–Crippen MR) is 71.7 cm³/mol. The van der Waals surface area contributed by atoms with Crippen molar-refractivity contribution in [2.24, 2.45) is 0 Å². The Labute approximate surface area is 112 Å². The Kier molecular flexibility index (Phi) is 5.91. The molecule has 0 aliphatic carbocycles. The molecule has 0 bridgehead atoms. The van der Waals surface area contributed by atoms with Gasteiger partial charge in [-0.1, -0.05) is 25.5 Å². The Balaban J connectivity index is 2.47. The first-order valence-corrected chi connectivity index (χ1v) is 7.61. The van der Waals surface area contributed by atoms with Gasteiger partial charge in [0.1, 0.15) is 5.82 Å². The molecule has 0 atom stereocenters. The highest BCUT2D eigenvalue weighted by atomic mass is 32.2. The van der Waals surface area contributed by atoms with Crippen LogP contribution >= 0.6 is 0 Å². The van der Waals surface area contributed by atoms with Crippen LogP contribution in [0.2, 0.25) is 0 Å². The van der Waals surface area contributed by atoms with Gasteiger partial charge in [-0.25, -0.2) is 17.5 Å². The molecule has 19 heavy (non-hydrogen) atoms. The molecule has 0 radical (unpaired) electrons. The molecule has 1 amide bonds. The van der Waals surface area contributed by atoms with Crippen molar-refractivity contribution in [3.63, 3.8) is 0 Å². The fourth-order valence-corrected chi connectivity index (χ4v) is 2.50. The van der Waals surface area contributed by atoms with Gasteiger partial charge in [0.05, 0.1) is 18.0 Å². The Hall–Kier alpha value is -1.47. The fourth-order valence-electron chi connectivity index (χ4n) is 1.34. The van der Waals surface area contributed by atoms with Crippen LogP contribution in [0.25, 0.3) is 0 Å². The van der Waals surface area contributed by atoms with Crippen molar-refractivity contribution in [3.8, 4) is 0 Å². The molecule has 0 aliphatic rings. The lowest BCUT2D eigenvalue weighted by Crippen LogP contribution is -2.34. The molecule has 0 aromatic heterocycles. The average Bonchev–Trinajstić information content (AvgIpc) is 2.37. The Morgan fingerprint density at radius 3 is 2.63 bits per heavy atom. The number of unbranched alkanes of at least 4 members (excludes halogenated alkanes) is 1. The standard InChI is InChI=1S/C12H17FN2O3S/c1-2-3-8-19(17,18)14-9-12(16)15-11-7-5-4-6-10(11)13/h4-7,14H,2-3,8-9H2,1H3,(H,15,16). The zero-order valence-electron chi connectivity index (χ0n) is 10.6. The summed E-state index contributed by atoms with van der Waals surface area (Å²) in [6.45, 7) is 1.47. The van der Waals surface area contributed by atoms with E-state index >= 15 is 0 Å². The van der Waals surface area contributed by atoms with Crippen molar-refractivity contribution >= 4 is 21.6 Å². The van der Waals surface area contributed by atoms with Gasteiger partial charge in [-0.05, 0) is 18.6 Å². The van der Waals surface area contributed by atoms with E-state index < -0.39 is 28.3 Å². The Bertz CT molecular complexity index is 532. The third-order valence-corrected chi connectivity index (χ3v) is 3.78. The summed E-state index contributed by atoms with van der Waals surface area (Å²) in [5, 5.41) is 2.30. The zero-order valence-corrected chi connectivity index (χ0v) is 11.5. The van der Waals surface area contributed by atoms with E-state index in [1.54, 1.807) is 6.07 Å². The minimum Gasteiger partial charge on any atom is -0.322 e. The summed E-state index contributed by atoms with van der Waals surface area (Å²) < 4.78 is 38.3. The van der Waals surface area contributed by atoms with Crippen LogP contribution in [-0.2, 0) is 14.8 Å². The van der Waals surface area contributed by atoms with Gasteiger partial charge in [-0.15, -0.1) is 0 Å². The van der Waals surface area contributed by atoms with Crippen LogP contribution in [0.1, 0.15) is 19.8 Å². The van der Waals surface area contributed by atoms with Crippen molar-refractivity contribution < 1.29 is 17.6 Å². The quantitative estimate of drug-likeness (QED) is 0.798. The van der Waals surface area contributed by atoms with Crippen LogP contribution in [0.5, 0.6) is 0 Å². The summed E-state index contributed by atoms with van der Waals surface area (Å²) in [5.41, 5.74) is 0.0280. The van der Waals surface area contributed by atoms with Crippen LogP contribution in [0, 0.1) is 5.82 Å². The predicted octanol–water partition coefficient (Wildman–Crippen LogP) is 1.48. The zero-order chi connectivity index (χ0) is 14.3. The van der Waals surface area contributed by atoms with Crippen LogP contribution in [0.4, 0.5) is 10.1 Å². The van der Waals surface area contributed by atoms with E-state index in [1.807, 2.05) is 6.92 Å². The molecule has 1 aromatic carbocycles. The molecular weight excluding hydrogens is 271 g/mol. The number of rotatable bonds is 7. The first kappa shape index (κ1) is 15.6. The van der Waals surface area contributed by atoms with E-state index in [1.165, 1.54) is 18.2 Å². The molecule has 0 saturated carbocycles. The van der Waals surface area contributed by atoms with Crippen molar-refractivity contribution in [2.45, 2.75) is 19.8 Å². The van der Waals surface area contributed by atoms with E-state index in [0.717, 1.165) is 6.42 Å². The van der Waals surface area contributed by atoms with Gasteiger partial charge in [-0.2, -0.15) is 0 Å². The maximum Gasteiger partial charge on any atom is 0.239 e. The molecule has 0 fully saturated rings. The summed E-state index contributed by atoms with van der Waals surface area (Å²) in [4.78, 5) is 11.5. The summed E-state index contributed by atoms with van der Waals surface area (Å²) in [6, 6.07) is 5.68. The number of benzene rings is 1. The average molecular weight is 288 g/mol. The summed E-state index contributed by atoms with van der Waals surface area (Å²) >= 11 is 0. The lowest BCUT2D eigenvalue weighted by atomic mass is 10.3. The first-order valence-electron chi connectivity index (χ1n) is 5.96. The molecule has 106 valence electrons. The SMILES string of the molecule is CCCCS(=O)(=O)NCC(=O)Nc1ccccc1F. The van der Waals surface area contributed by atoms with E-state index in [4.69, 9.17) is 0 Å². The molecule has 5 nitrogen and oxygen atoms in total. The third kappa shape index (κ3) is 5.80. The largest absolute Gasteiger partial charge is 0.322 e. The molecule has 0 unspecified atom stereocenters. The smallest absolute Gasteiger partial charge is 0.239 e. The Morgan fingerprint density at radius 1 is 1.32 bits per heavy atom. The molecular formula is C12H17FN2O3S. The van der Waals surface area contributed by atoms with Crippen molar-refractivity contribution in [3.05, 3.63) is 30.1 Å². The summed E-state index contributed by atoms with van der Waals surface area (Å²) in [7, 11) is -3.45. The number of para-hydroxylation sites is 1. The van der Waals surface area contributed by atoms with Gasteiger partial charge in [0.25, 0.3) is 0 Å². The van der Waals surface area contributed by atoms with E-state index in [9.17, 15) is 17.6 Å². The molecule has 7 heteroatoms. The number of anilines is 1. The van der Waals surface area contributed by atoms with Gasteiger partial charge in [0.15, 0.2) is 0 Å². The number of carbonyl (C=O) groups is 1. The number of amides is 1. The van der Waals surface area contributed by atoms with Gasteiger partial charge >= 0.3 is 0 Å². The van der Waals surface area contributed by atoms with Crippen molar-refractivity contribution in [2.75, 3.05) is 17.6 Å². The van der Waals surface area contributed by atoms with Gasteiger partial charge in [0, 0.05) is 0 Å². The van der Waals surface area contributed by atoms with E-state index in [2.05, 4.69) is 10.0 Å². The maximum atomic E-state index is 13.2. The topological polar surface area (TPSA) is 75.3 Å². The van der Waals surface area contributed by atoms with Crippen LogP contribution in [-0.4, -0.2) is 26.6 Å². The van der Waals surface area contributed by atoms with Crippen LogP contribution < -0.4 is 10.0 Å². The third-order valence-electron chi connectivity index (χ3n) is 2.37. The minimum absolute atomic E-state index is 0.0174. The number of hydrogen-bond donors (Lipinski definition) is 2. The van der Waals surface area contributed by atoms with Gasteiger partial charge in [-0.3, -0.25) is 4.79 Å². The summed E-state index contributed by atoms with van der Waals surface area (Å²) in [6.07, 6.45) is 1.28. The molecule has 0 saturated heterocycles. The fraction of sp³-hybridized carbons (Fsp3) is 0.417. The van der Waals surface area contributed by atoms with Gasteiger partial charge in [0.2, 0.25) is 15.9 Å². The summed E-state index contributed by atoms with van der Waals surface area (Å²) in [5.74, 6) is -1.19. The number of nitrogens with one attached hydrogen (secondary N) is 2. The number of carbonyl (C=O) groups excluding carboxylic acids is 1. The van der Waals surface area contributed by atoms with Crippen LogP contribution in [0.15, 0.2) is 24.3 Å². The van der Waals surface area contributed by atoms with Crippen LogP contribution in [0.3, 0.4) is 0 Å². The highest BCUT2D eigenvalue weighted by molar-refractivity contribution is 7.89. The monoisotopic (exact) mass is 288 g/mol. The second kappa shape index (κ2) is 7.20. The lowest BCUT2D eigenvalue weighted by molar-refractivity contribution is -0.115. The molecule has 1 rings (SSSR count). The molecule has 0 spiro atoms. The normalized spacial score (nSPS) is 11.3. The molecule has 0 heterocycles. The van der Waals surface area contributed by atoms with Gasteiger partial charge < -0.3 is 5.32 Å². The highest BCUT2D eigenvalue weighted by Crippen LogP contribution is 2.11. The van der Waals surface area contributed by atoms with Crippen molar-refractivity contribution in [1.82, 2.24) is 4.72 Å². The van der Waals surface area contributed by atoms with Crippen molar-refractivity contribution in [1.29, 1.82) is 0 Å². The first-order chi connectivity index (χ1) is 8.94. The Morgan fingerprint density at radius 2 is 2.00 bits per heavy atom. The van der Waals surface area contributed by atoms with E-state index in [-0.39, 0.29) is 11.4 Å². The number of halogens is 1. The molecule has 1 aromatic rings. The minimum atomic E-state index is -3.45. The second-order valence-electron chi connectivity index (χ2n) is 4.02. The number of hydrogen-bond acceptors (Lipinski definition) is 3. The second-order valence-corrected chi connectivity index (χ2v) is 5.95. The number of sulfonamides is 1. The molecule has 2 N–H and O–H groups in total. The highest BCUT2D eigenvalue weighted by Gasteiger charge is 2.12. The maximum absolute atomic E-state index is 13.2.